The second-order valence-corrected chi connectivity index (χ2v) is 4.73. The summed E-state index contributed by atoms with van der Waals surface area (Å²) in [7, 11) is 0. The molecule has 16 heavy (non-hydrogen) atoms. The summed E-state index contributed by atoms with van der Waals surface area (Å²) in [5.74, 6) is 0. The largest absolute Gasteiger partial charge is 0.278 e. The van der Waals surface area contributed by atoms with Crippen molar-refractivity contribution >= 4 is 34.8 Å². The van der Waals surface area contributed by atoms with E-state index in [1.54, 1.807) is 11.3 Å². The van der Waals surface area contributed by atoms with Crippen molar-refractivity contribution in [3.05, 3.63) is 51.2 Å². The molecule has 0 saturated carbocycles. The fourth-order valence-electron chi connectivity index (χ4n) is 1.21. The summed E-state index contributed by atoms with van der Waals surface area (Å²) in [6.07, 6.45) is 1.83. The fourth-order valence-corrected chi connectivity index (χ4v) is 2.12. The number of hydrogen-bond acceptors (Lipinski definition) is 3. The molecule has 2 nitrogen and oxygen atoms in total. The lowest BCUT2D eigenvalue weighted by molar-refractivity contribution is 1.35. The highest BCUT2D eigenvalue weighted by Crippen LogP contribution is 2.14. The number of rotatable bonds is 3. The monoisotopic (exact) mass is 250 g/mol. The zero-order chi connectivity index (χ0) is 11.4. The van der Waals surface area contributed by atoms with Gasteiger partial charge in [-0.05, 0) is 48.2 Å². The van der Waals surface area contributed by atoms with Crippen LogP contribution in [0.4, 0.5) is 5.69 Å². The van der Waals surface area contributed by atoms with Gasteiger partial charge in [-0.2, -0.15) is 5.10 Å². The van der Waals surface area contributed by atoms with Crippen molar-refractivity contribution in [2.75, 3.05) is 5.43 Å². The van der Waals surface area contributed by atoms with E-state index < -0.39 is 0 Å². The standard InChI is InChI=1S/C12H11ClN2S/c1-9-6-7-16-12(9)8-14-15-11-4-2-10(13)3-5-11/h2-8,15H,1H3/b14-8+. The van der Waals surface area contributed by atoms with Crippen LogP contribution in [0.25, 0.3) is 0 Å². The van der Waals surface area contributed by atoms with Gasteiger partial charge in [0.05, 0.1) is 11.9 Å². The van der Waals surface area contributed by atoms with Gasteiger partial charge in [0.2, 0.25) is 0 Å². The highest BCUT2D eigenvalue weighted by molar-refractivity contribution is 7.11. The predicted molar refractivity (Wildman–Crippen MR) is 71.7 cm³/mol. The third-order valence-corrected chi connectivity index (χ3v) is 3.33. The molecule has 0 amide bonds. The van der Waals surface area contributed by atoms with E-state index in [0.29, 0.717) is 0 Å². The summed E-state index contributed by atoms with van der Waals surface area (Å²) < 4.78 is 0. The van der Waals surface area contributed by atoms with Crippen molar-refractivity contribution in [2.45, 2.75) is 6.92 Å². The summed E-state index contributed by atoms with van der Waals surface area (Å²) in [4.78, 5) is 1.17. The number of benzene rings is 1. The quantitative estimate of drug-likeness (QED) is 0.642. The van der Waals surface area contributed by atoms with Crippen LogP contribution in [0.5, 0.6) is 0 Å². The van der Waals surface area contributed by atoms with Crippen LogP contribution in [-0.2, 0) is 0 Å². The van der Waals surface area contributed by atoms with Gasteiger partial charge in [-0.15, -0.1) is 11.3 Å². The zero-order valence-electron chi connectivity index (χ0n) is 8.77. The molecule has 2 aromatic rings. The molecule has 1 N–H and O–H groups in total. The minimum Gasteiger partial charge on any atom is -0.278 e. The lowest BCUT2D eigenvalue weighted by Gasteiger charge is -1.99. The van der Waals surface area contributed by atoms with Gasteiger partial charge in [-0.1, -0.05) is 11.6 Å². The van der Waals surface area contributed by atoms with E-state index in [0.717, 1.165) is 10.7 Å². The maximum Gasteiger partial charge on any atom is 0.0647 e. The van der Waals surface area contributed by atoms with Crippen LogP contribution in [0.15, 0.2) is 40.8 Å². The molecule has 0 aliphatic carbocycles. The fraction of sp³-hybridized carbons (Fsp3) is 0.0833. The van der Waals surface area contributed by atoms with Gasteiger partial charge in [0, 0.05) is 9.90 Å². The van der Waals surface area contributed by atoms with E-state index in [4.69, 9.17) is 11.6 Å². The van der Waals surface area contributed by atoms with Crippen LogP contribution >= 0.6 is 22.9 Å². The van der Waals surface area contributed by atoms with Crippen molar-refractivity contribution in [3.63, 3.8) is 0 Å². The second kappa shape index (κ2) is 5.14. The minimum absolute atomic E-state index is 0.726. The van der Waals surface area contributed by atoms with Crippen LogP contribution in [0.2, 0.25) is 5.02 Å². The number of anilines is 1. The number of nitrogens with zero attached hydrogens (tertiary/aromatic N) is 1. The number of aryl methyl sites for hydroxylation is 1. The number of nitrogens with one attached hydrogen (secondary N) is 1. The molecule has 0 fully saturated rings. The molecule has 1 heterocycles. The minimum atomic E-state index is 0.726. The van der Waals surface area contributed by atoms with Gasteiger partial charge in [-0.3, -0.25) is 5.43 Å². The molecule has 0 unspecified atom stereocenters. The van der Waals surface area contributed by atoms with Crippen LogP contribution in [-0.4, -0.2) is 6.21 Å². The van der Waals surface area contributed by atoms with Crippen molar-refractivity contribution in [1.29, 1.82) is 0 Å². The van der Waals surface area contributed by atoms with Crippen molar-refractivity contribution in [2.24, 2.45) is 5.10 Å². The molecule has 0 saturated heterocycles. The first-order valence-corrected chi connectivity index (χ1v) is 6.10. The SMILES string of the molecule is Cc1ccsc1/C=N/Nc1ccc(Cl)cc1. The van der Waals surface area contributed by atoms with E-state index in [1.807, 2.05) is 30.5 Å². The summed E-state index contributed by atoms with van der Waals surface area (Å²) in [6.45, 7) is 2.07. The van der Waals surface area contributed by atoms with Gasteiger partial charge in [0.25, 0.3) is 0 Å². The number of halogens is 1. The Hall–Kier alpha value is -1.32. The van der Waals surface area contributed by atoms with E-state index in [-0.39, 0.29) is 0 Å². The first-order valence-electron chi connectivity index (χ1n) is 4.84. The Kier molecular flexibility index (Phi) is 3.59. The van der Waals surface area contributed by atoms with Gasteiger partial charge < -0.3 is 0 Å². The maximum atomic E-state index is 5.78. The third kappa shape index (κ3) is 2.84. The van der Waals surface area contributed by atoms with E-state index in [1.165, 1.54) is 10.4 Å². The third-order valence-electron chi connectivity index (χ3n) is 2.12. The normalized spacial score (nSPS) is 10.9. The van der Waals surface area contributed by atoms with Gasteiger partial charge in [-0.25, -0.2) is 0 Å². The Balaban J connectivity index is 2.00. The summed E-state index contributed by atoms with van der Waals surface area (Å²) in [6, 6.07) is 9.52. The van der Waals surface area contributed by atoms with E-state index >= 15 is 0 Å². The maximum absolute atomic E-state index is 5.78. The molecule has 0 atom stereocenters. The molecule has 0 bridgehead atoms. The molecule has 0 spiro atoms. The first-order chi connectivity index (χ1) is 7.75. The summed E-state index contributed by atoms with van der Waals surface area (Å²) in [5, 5.41) is 6.95. The van der Waals surface area contributed by atoms with Crippen LogP contribution in [0, 0.1) is 6.92 Å². The lowest BCUT2D eigenvalue weighted by Crippen LogP contribution is -1.89. The average Bonchev–Trinajstić information content (AvgIpc) is 2.68. The number of hydrogen-bond donors (Lipinski definition) is 1. The molecular formula is C12H11ClN2S. The zero-order valence-corrected chi connectivity index (χ0v) is 10.3. The number of thiophene rings is 1. The Morgan fingerprint density at radius 2 is 2.00 bits per heavy atom. The van der Waals surface area contributed by atoms with Crippen LogP contribution in [0.3, 0.4) is 0 Å². The van der Waals surface area contributed by atoms with Crippen molar-refractivity contribution in [3.8, 4) is 0 Å². The summed E-state index contributed by atoms with van der Waals surface area (Å²) in [5.41, 5.74) is 5.12. The Bertz CT molecular complexity index is 488. The first kappa shape index (κ1) is 11.2. The second-order valence-electron chi connectivity index (χ2n) is 3.34. The Morgan fingerprint density at radius 1 is 1.25 bits per heavy atom. The smallest absolute Gasteiger partial charge is 0.0647 e. The van der Waals surface area contributed by atoms with Crippen LogP contribution < -0.4 is 5.43 Å². The van der Waals surface area contributed by atoms with Gasteiger partial charge in [0.1, 0.15) is 0 Å². The molecule has 0 aliphatic heterocycles. The molecule has 4 heteroatoms. The lowest BCUT2D eigenvalue weighted by atomic mass is 10.3. The topological polar surface area (TPSA) is 24.4 Å². The number of hydrazone groups is 1. The van der Waals surface area contributed by atoms with Crippen molar-refractivity contribution in [1.82, 2.24) is 0 Å². The molecule has 0 aliphatic rings. The molecule has 82 valence electrons. The van der Waals surface area contributed by atoms with Gasteiger partial charge in [0.15, 0.2) is 0 Å². The highest BCUT2D eigenvalue weighted by Gasteiger charge is 1.94. The molecule has 0 radical (unpaired) electrons. The van der Waals surface area contributed by atoms with Crippen LogP contribution in [0.1, 0.15) is 10.4 Å². The van der Waals surface area contributed by atoms with E-state index in [9.17, 15) is 0 Å². The van der Waals surface area contributed by atoms with E-state index in [2.05, 4.69) is 28.9 Å². The Labute approximate surface area is 104 Å². The molecule has 1 aromatic heterocycles. The predicted octanol–water partition coefficient (Wildman–Crippen LogP) is 4.16. The molecule has 1 aromatic carbocycles. The average molecular weight is 251 g/mol. The molecule has 2 rings (SSSR count). The summed E-state index contributed by atoms with van der Waals surface area (Å²) >= 11 is 7.46. The molecular weight excluding hydrogens is 240 g/mol. The van der Waals surface area contributed by atoms with Gasteiger partial charge >= 0.3 is 0 Å². The highest BCUT2D eigenvalue weighted by atomic mass is 35.5. The Morgan fingerprint density at radius 3 is 2.62 bits per heavy atom. The van der Waals surface area contributed by atoms with Crippen molar-refractivity contribution < 1.29 is 0 Å².